The topological polar surface area (TPSA) is 9.23 Å². The van der Waals surface area contributed by atoms with Gasteiger partial charge in [0.25, 0.3) is 0 Å². The summed E-state index contributed by atoms with van der Waals surface area (Å²) in [7, 11) is -1.39. The van der Waals surface area contributed by atoms with Gasteiger partial charge in [0.05, 0.1) is 6.26 Å². The van der Waals surface area contributed by atoms with Crippen LogP contribution in [-0.2, 0) is 4.43 Å². The van der Waals surface area contributed by atoms with Gasteiger partial charge in [-0.3, -0.25) is 0 Å². The van der Waals surface area contributed by atoms with Crippen molar-refractivity contribution in [1.29, 1.82) is 0 Å². The predicted octanol–water partition coefficient (Wildman–Crippen LogP) is 4.71. The first-order chi connectivity index (χ1) is 7.11. The smallest absolute Gasteiger partial charge is 0.246 e. The molecule has 0 radical (unpaired) electrons. The van der Waals surface area contributed by atoms with E-state index in [0.717, 1.165) is 5.92 Å². The Bertz CT molecular complexity index is 219. The Morgan fingerprint density at radius 3 is 2.53 bits per heavy atom. The molecule has 0 N–H and O–H groups in total. The monoisotopic (exact) mass is 226 g/mol. The molecule has 1 atom stereocenters. The normalized spacial score (nSPS) is 25.6. The van der Waals surface area contributed by atoms with E-state index in [0.29, 0.717) is 0 Å². The van der Waals surface area contributed by atoms with Crippen molar-refractivity contribution in [1.82, 2.24) is 0 Å². The second-order valence-corrected chi connectivity index (χ2v) is 9.66. The first-order valence-corrected chi connectivity index (χ1v) is 9.30. The van der Waals surface area contributed by atoms with Crippen LogP contribution in [-0.4, -0.2) is 8.32 Å². The lowest BCUT2D eigenvalue weighted by atomic mass is 9.86. The largest absolute Gasteiger partial charge is 0.549 e. The molecule has 0 amide bonds. The summed E-state index contributed by atoms with van der Waals surface area (Å²) in [4.78, 5) is 0. The Balaban J connectivity index is 2.54. The van der Waals surface area contributed by atoms with Gasteiger partial charge in [0.1, 0.15) is 0 Å². The summed E-state index contributed by atoms with van der Waals surface area (Å²) in [5.41, 5.74) is 1.56. The van der Waals surface area contributed by atoms with Crippen LogP contribution >= 0.6 is 0 Å². The Kier molecular flexibility index (Phi) is 4.90. The van der Waals surface area contributed by atoms with Gasteiger partial charge in [-0.25, -0.2) is 0 Å². The quantitative estimate of drug-likeness (QED) is 0.498. The lowest BCUT2D eigenvalue weighted by Gasteiger charge is -2.27. The molecule has 0 bridgehead atoms. The molecule has 0 aliphatic heterocycles. The fraction of sp³-hybridized carbons (Fsp3) is 0.846. The van der Waals surface area contributed by atoms with Crippen LogP contribution in [0.4, 0.5) is 0 Å². The Morgan fingerprint density at radius 1 is 1.33 bits per heavy atom. The molecule has 1 fully saturated rings. The number of hydrogen-bond donors (Lipinski definition) is 0. The maximum Gasteiger partial charge on any atom is 0.246 e. The fourth-order valence-electron chi connectivity index (χ4n) is 2.02. The average molecular weight is 226 g/mol. The van der Waals surface area contributed by atoms with Gasteiger partial charge in [-0.15, -0.1) is 0 Å². The molecule has 15 heavy (non-hydrogen) atoms. The summed E-state index contributed by atoms with van der Waals surface area (Å²) in [6, 6.07) is 2.45. The Labute approximate surface area is 96.0 Å². The molecule has 1 unspecified atom stereocenters. The summed E-state index contributed by atoms with van der Waals surface area (Å²) >= 11 is 0. The number of hydrogen-bond acceptors (Lipinski definition) is 1. The molecular weight excluding hydrogens is 200 g/mol. The van der Waals surface area contributed by atoms with E-state index < -0.39 is 8.32 Å². The zero-order valence-corrected chi connectivity index (χ0v) is 11.8. The van der Waals surface area contributed by atoms with Crippen molar-refractivity contribution in [2.75, 3.05) is 0 Å². The van der Waals surface area contributed by atoms with Crippen molar-refractivity contribution in [3.63, 3.8) is 0 Å². The third-order valence-electron chi connectivity index (χ3n) is 3.98. The van der Waals surface area contributed by atoms with Crippen LogP contribution in [0.15, 0.2) is 11.8 Å². The number of rotatable bonds is 4. The minimum absolute atomic E-state index is 0.755. The third-order valence-corrected chi connectivity index (χ3v) is 7.65. The maximum atomic E-state index is 6.11. The zero-order chi connectivity index (χ0) is 11.3. The lowest BCUT2D eigenvalue weighted by molar-refractivity contribution is 0.417. The van der Waals surface area contributed by atoms with Crippen LogP contribution in [0.1, 0.15) is 46.5 Å². The second-order valence-electron chi connectivity index (χ2n) is 5.11. The van der Waals surface area contributed by atoms with Crippen LogP contribution in [0.25, 0.3) is 0 Å². The van der Waals surface area contributed by atoms with Gasteiger partial charge in [0.2, 0.25) is 8.32 Å². The molecule has 1 aliphatic rings. The van der Waals surface area contributed by atoms with Gasteiger partial charge in [0.15, 0.2) is 0 Å². The highest BCUT2D eigenvalue weighted by Gasteiger charge is 2.25. The lowest BCUT2D eigenvalue weighted by Crippen LogP contribution is -2.30. The van der Waals surface area contributed by atoms with E-state index >= 15 is 0 Å². The first-order valence-electron chi connectivity index (χ1n) is 6.48. The molecule has 0 saturated heterocycles. The summed E-state index contributed by atoms with van der Waals surface area (Å²) < 4.78 is 6.11. The molecule has 1 saturated carbocycles. The molecule has 0 heterocycles. The molecule has 0 aromatic carbocycles. The van der Waals surface area contributed by atoms with Crippen molar-refractivity contribution in [2.45, 2.75) is 65.1 Å². The highest BCUT2D eigenvalue weighted by molar-refractivity contribution is 6.72. The van der Waals surface area contributed by atoms with Crippen molar-refractivity contribution in [2.24, 2.45) is 5.92 Å². The molecule has 88 valence electrons. The van der Waals surface area contributed by atoms with E-state index in [1.165, 1.54) is 37.8 Å². The number of allylic oxidation sites excluding steroid dienone is 1. The summed E-state index contributed by atoms with van der Waals surface area (Å²) in [5.74, 6) is 0.755. The average Bonchev–Trinajstić information content (AvgIpc) is 2.28. The van der Waals surface area contributed by atoms with E-state index in [1.54, 1.807) is 5.57 Å². The van der Waals surface area contributed by atoms with Crippen LogP contribution in [0.3, 0.4) is 0 Å². The Morgan fingerprint density at radius 2 is 2.00 bits per heavy atom. The molecule has 0 spiro atoms. The van der Waals surface area contributed by atoms with Gasteiger partial charge >= 0.3 is 0 Å². The van der Waals surface area contributed by atoms with E-state index in [4.69, 9.17) is 4.43 Å². The van der Waals surface area contributed by atoms with Crippen molar-refractivity contribution < 1.29 is 4.43 Å². The Hall–Kier alpha value is -0.243. The van der Waals surface area contributed by atoms with Crippen LogP contribution in [0, 0.1) is 5.92 Å². The molecular formula is C13H26OSi. The fourth-order valence-corrected chi connectivity index (χ4v) is 3.29. The highest BCUT2D eigenvalue weighted by Crippen LogP contribution is 2.29. The van der Waals surface area contributed by atoms with Gasteiger partial charge in [-0.05, 0) is 49.4 Å². The summed E-state index contributed by atoms with van der Waals surface area (Å²) in [6.07, 6.45) is 7.50. The first kappa shape index (κ1) is 12.8. The molecule has 0 aromatic rings. The van der Waals surface area contributed by atoms with E-state index in [2.05, 4.69) is 33.6 Å². The van der Waals surface area contributed by atoms with E-state index in [-0.39, 0.29) is 0 Å². The molecule has 0 aromatic heterocycles. The van der Waals surface area contributed by atoms with Crippen LogP contribution < -0.4 is 0 Å². The van der Waals surface area contributed by atoms with Crippen molar-refractivity contribution in [3.8, 4) is 0 Å². The third kappa shape index (κ3) is 3.67. The molecule has 2 heteroatoms. The highest BCUT2D eigenvalue weighted by atomic mass is 28.4. The van der Waals surface area contributed by atoms with Gasteiger partial charge in [0, 0.05) is 0 Å². The summed E-state index contributed by atoms with van der Waals surface area (Å²) in [5, 5.41) is 0. The van der Waals surface area contributed by atoms with E-state index in [1.807, 2.05) is 0 Å². The second kappa shape index (κ2) is 5.74. The SMILES string of the molecule is CC[Si](C)(CC)OC=C1CCCCC1C. The van der Waals surface area contributed by atoms with E-state index in [9.17, 15) is 0 Å². The van der Waals surface area contributed by atoms with Crippen LogP contribution in [0.5, 0.6) is 0 Å². The van der Waals surface area contributed by atoms with Crippen molar-refractivity contribution in [3.05, 3.63) is 11.8 Å². The van der Waals surface area contributed by atoms with Crippen LogP contribution in [0.2, 0.25) is 18.6 Å². The van der Waals surface area contributed by atoms with Gasteiger partial charge < -0.3 is 4.43 Å². The molecule has 1 aliphatic carbocycles. The molecule has 1 nitrogen and oxygen atoms in total. The standard InChI is InChI=1S/C13H26OSi/c1-5-15(4,6-2)14-11-13-10-8-7-9-12(13)3/h11-12H,5-10H2,1-4H3. The summed E-state index contributed by atoms with van der Waals surface area (Å²) in [6.45, 7) is 9.21. The minimum Gasteiger partial charge on any atom is -0.549 e. The maximum absolute atomic E-state index is 6.11. The minimum atomic E-state index is -1.39. The predicted molar refractivity (Wildman–Crippen MR) is 69.4 cm³/mol. The van der Waals surface area contributed by atoms with Crippen molar-refractivity contribution >= 4 is 8.32 Å². The zero-order valence-electron chi connectivity index (χ0n) is 10.8. The molecule has 1 rings (SSSR count). The van der Waals surface area contributed by atoms with Gasteiger partial charge in [-0.2, -0.15) is 0 Å². The van der Waals surface area contributed by atoms with Gasteiger partial charge in [-0.1, -0.05) is 27.2 Å².